The molecule has 1 aromatic rings. The number of aryl methyl sites for hydroxylation is 1. The van der Waals surface area contributed by atoms with E-state index in [2.05, 4.69) is 35.0 Å². The van der Waals surface area contributed by atoms with Crippen molar-refractivity contribution in [2.24, 2.45) is 11.5 Å². The van der Waals surface area contributed by atoms with Crippen LogP contribution in [0.3, 0.4) is 0 Å². The van der Waals surface area contributed by atoms with Gasteiger partial charge in [-0.15, -0.1) is 0 Å². The van der Waals surface area contributed by atoms with Crippen LogP contribution < -0.4 is 11.5 Å². The maximum atomic E-state index is 5.89. The molecular weight excluding hydrogens is 228 g/mol. The molecule has 0 saturated carbocycles. The zero-order chi connectivity index (χ0) is 9.84. The van der Waals surface area contributed by atoms with Crippen molar-refractivity contribution >= 4 is 15.9 Å². The highest BCUT2D eigenvalue weighted by molar-refractivity contribution is 9.10. The van der Waals surface area contributed by atoms with E-state index in [1.54, 1.807) is 0 Å². The van der Waals surface area contributed by atoms with E-state index >= 15 is 0 Å². The van der Waals surface area contributed by atoms with Crippen LogP contribution in [-0.2, 0) is 6.42 Å². The second-order valence-electron chi connectivity index (χ2n) is 3.04. The van der Waals surface area contributed by atoms with Gasteiger partial charge in [0.1, 0.15) is 0 Å². The standard InChI is InChI=1S/C10H15BrN2/c1-2-7-3-4-8(11)5-9(7)10(13)6-12/h3-5,10H,2,6,12-13H2,1H3/t10-/m0/s1. The molecule has 0 saturated heterocycles. The minimum atomic E-state index is -0.0487. The van der Waals surface area contributed by atoms with E-state index < -0.39 is 0 Å². The Bertz CT molecular complexity index is 286. The molecule has 0 radical (unpaired) electrons. The molecular formula is C10H15BrN2. The molecule has 2 nitrogen and oxygen atoms in total. The van der Waals surface area contributed by atoms with Gasteiger partial charge in [-0.1, -0.05) is 28.9 Å². The van der Waals surface area contributed by atoms with Crippen molar-refractivity contribution < 1.29 is 0 Å². The highest BCUT2D eigenvalue weighted by Crippen LogP contribution is 2.21. The monoisotopic (exact) mass is 242 g/mol. The van der Waals surface area contributed by atoms with Gasteiger partial charge in [-0.25, -0.2) is 0 Å². The Morgan fingerprint density at radius 1 is 1.46 bits per heavy atom. The fourth-order valence-electron chi connectivity index (χ4n) is 1.36. The predicted octanol–water partition coefficient (Wildman–Crippen LogP) is 1.97. The van der Waals surface area contributed by atoms with E-state index in [0.717, 1.165) is 16.5 Å². The minimum Gasteiger partial charge on any atom is -0.329 e. The third-order valence-electron chi connectivity index (χ3n) is 2.14. The Morgan fingerprint density at radius 3 is 2.69 bits per heavy atom. The van der Waals surface area contributed by atoms with Gasteiger partial charge >= 0.3 is 0 Å². The molecule has 0 aliphatic rings. The summed E-state index contributed by atoms with van der Waals surface area (Å²) in [5.41, 5.74) is 13.9. The summed E-state index contributed by atoms with van der Waals surface area (Å²) in [6.07, 6.45) is 0.996. The third-order valence-corrected chi connectivity index (χ3v) is 2.64. The van der Waals surface area contributed by atoms with Crippen molar-refractivity contribution in [2.75, 3.05) is 6.54 Å². The van der Waals surface area contributed by atoms with E-state index in [9.17, 15) is 0 Å². The lowest BCUT2D eigenvalue weighted by Gasteiger charge is -2.14. The Kier molecular flexibility index (Phi) is 3.90. The van der Waals surface area contributed by atoms with Gasteiger partial charge in [0.05, 0.1) is 0 Å². The molecule has 0 unspecified atom stereocenters. The summed E-state index contributed by atoms with van der Waals surface area (Å²) in [7, 11) is 0. The van der Waals surface area contributed by atoms with E-state index in [0.29, 0.717) is 6.54 Å². The van der Waals surface area contributed by atoms with Crippen LogP contribution in [0.4, 0.5) is 0 Å². The Balaban J connectivity index is 3.07. The molecule has 0 amide bonds. The number of hydrogen-bond acceptors (Lipinski definition) is 2. The average molecular weight is 243 g/mol. The van der Waals surface area contributed by atoms with Gasteiger partial charge in [-0.05, 0) is 29.7 Å². The highest BCUT2D eigenvalue weighted by atomic mass is 79.9. The Hall–Kier alpha value is -0.380. The van der Waals surface area contributed by atoms with Crippen LogP contribution >= 0.6 is 15.9 Å². The number of nitrogens with two attached hydrogens (primary N) is 2. The molecule has 4 N–H and O–H groups in total. The normalized spacial score (nSPS) is 12.9. The van der Waals surface area contributed by atoms with E-state index in [1.165, 1.54) is 5.56 Å². The van der Waals surface area contributed by atoms with Crippen LogP contribution in [0.5, 0.6) is 0 Å². The molecule has 1 rings (SSSR count). The SMILES string of the molecule is CCc1ccc(Br)cc1[C@@H](N)CN. The van der Waals surface area contributed by atoms with Gasteiger partial charge in [0.15, 0.2) is 0 Å². The summed E-state index contributed by atoms with van der Waals surface area (Å²) in [5, 5.41) is 0. The maximum absolute atomic E-state index is 5.89. The summed E-state index contributed by atoms with van der Waals surface area (Å²) in [6.45, 7) is 2.61. The quantitative estimate of drug-likeness (QED) is 0.852. The summed E-state index contributed by atoms with van der Waals surface area (Å²) < 4.78 is 1.06. The first kappa shape index (κ1) is 10.7. The zero-order valence-electron chi connectivity index (χ0n) is 7.76. The zero-order valence-corrected chi connectivity index (χ0v) is 9.34. The average Bonchev–Trinajstić information content (AvgIpc) is 2.16. The van der Waals surface area contributed by atoms with Crippen LogP contribution in [0.25, 0.3) is 0 Å². The van der Waals surface area contributed by atoms with Gasteiger partial charge in [0, 0.05) is 17.1 Å². The van der Waals surface area contributed by atoms with Gasteiger partial charge in [0.2, 0.25) is 0 Å². The molecule has 13 heavy (non-hydrogen) atoms. The fourth-order valence-corrected chi connectivity index (χ4v) is 1.74. The van der Waals surface area contributed by atoms with Gasteiger partial charge in [-0.2, -0.15) is 0 Å². The van der Waals surface area contributed by atoms with Crippen LogP contribution in [0.2, 0.25) is 0 Å². The van der Waals surface area contributed by atoms with Gasteiger partial charge in [0.25, 0.3) is 0 Å². The summed E-state index contributed by atoms with van der Waals surface area (Å²) in [5.74, 6) is 0. The molecule has 0 heterocycles. The first-order chi connectivity index (χ1) is 6.19. The molecule has 0 aliphatic carbocycles. The summed E-state index contributed by atoms with van der Waals surface area (Å²) in [4.78, 5) is 0. The summed E-state index contributed by atoms with van der Waals surface area (Å²) in [6, 6.07) is 6.13. The molecule has 0 aromatic heterocycles. The van der Waals surface area contributed by atoms with Crippen molar-refractivity contribution in [2.45, 2.75) is 19.4 Å². The lowest BCUT2D eigenvalue weighted by molar-refractivity contribution is 0.726. The van der Waals surface area contributed by atoms with Crippen molar-refractivity contribution in [3.8, 4) is 0 Å². The second-order valence-corrected chi connectivity index (χ2v) is 3.95. The lowest BCUT2D eigenvalue weighted by Crippen LogP contribution is -2.22. The topological polar surface area (TPSA) is 52.0 Å². The molecule has 72 valence electrons. The van der Waals surface area contributed by atoms with Crippen LogP contribution in [0, 0.1) is 0 Å². The minimum absolute atomic E-state index is 0.0487. The molecule has 0 spiro atoms. The molecule has 1 atom stereocenters. The number of hydrogen-bond donors (Lipinski definition) is 2. The highest BCUT2D eigenvalue weighted by Gasteiger charge is 2.08. The van der Waals surface area contributed by atoms with Crippen molar-refractivity contribution in [3.05, 3.63) is 33.8 Å². The second kappa shape index (κ2) is 4.74. The Labute approximate surface area is 87.4 Å². The molecule has 0 fully saturated rings. The van der Waals surface area contributed by atoms with Crippen molar-refractivity contribution in [1.82, 2.24) is 0 Å². The molecule has 1 aromatic carbocycles. The van der Waals surface area contributed by atoms with Crippen molar-refractivity contribution in [1.29, 1.82) is 0 Å². The third kappa shape index (κ3) is 2.53. The number of halogens is 1. The molecule has 3 heteroatoms. The first-order valence-electron chi connectivity index (χ1n) is 4.43. The summed E-state index contributed by atoms with van der Waals surface area (Å²) >= 11 is 3.43. The van der Waals surface area contributed by atoms with E-state index in [4.69, 9.17) is 11.5 Å². The van der Waals surface area contributed by atoms with E-state index in [-0.39, 0.29) is 6.04 Å². The van der Waals surface area contributed by atoms with Gasteiger partial charge < -0.3 is 11.5 Å². The van der Waals surface area contributed by atoms with Crippen LogP contribution in [0.15, 0.2) is 22.7 Å². The predicted molar refractivity (Wildman–Crippen MR) is 59.5 cm³/mol. The van der Waals surface area contributed by atoms with Crippen LogP contribution in [-0.4, -0.2) is 6.54 Å². The number of rotatable bonds is 3. The number of benzene rings is 1. The Morgan fingerprint density at radius 2 is 2.15 bits per heavy atom. The lowest BCUT2D eigenvalue weighted by atomic mass is 9.99. The van der Waals surface area contributed by atoms with Crippen molar-refractivity contribution in [3.63, 3.8) is 0 Å². The maximum Gasteiger partial charge on any atom is 0.0422 e. The molecule has 0 aliphatic heterocycles. The molecule has 0 bridgehead atoms. The van der Waals surface area contributed by atoms with Crippen LogP contribution in [0.1, 0.15) is 24.1 Å². The fraction of sp³-hybridized carbons (Fsp3) is 0.400. The van der Waals surface area contributed by atoms with Gasteiger partial charge in [-0.3, -0.25) is 0 Å². The smallest absolute Gasteiger partial charge is 0.0422 e. The largest absolute Gasteiger partial charge is 0.329 e. The van der Waals surface area contributed by atoms with E-state index in [1.807, 2.05) is 6.07 Å². The first-order valence-corrected chi connectivity index (χ1v) is 5.22.